The second-order valence-corrected chi connectivity index (χ2v) is 7.92. The Morgan fingerprint density at radius 1 is 1.08 bits per heavy atom. The van der Waals surface area contributed by atoms with Crippen LogP contribution in [0.4, 0.5) is 0 Å². The number of Topliss-reactive ketones (excluding diaryl/α,β-unsaturated/α-hetero) is 1. The predicted octanol–water partition coefficient (Wildman–Crippen LogP) is 5.02. The van der Waals surface area contributed by atoms with E-state index in [0.717, 1.165) is 32.1 Å². The Labute approximate surface area is 155 Å². The van der Waals surface area contributed by atoms with Crippen LogP contribution in [0, 0.1) is 5.92 Å². The number of phosphoric acid groups is 1. The van der Waals surface area contributed by atoms with Crippen molar-refractivity contribution in [2.75, 3.05) is 20.3 Å². The quantitative estimate of drug-likeness (QED) is 0.416. The van der Waals surface area contributed by atoms with E-state index in [0.29, 0.717) is 11.3 Å². The van der Waals surface area contributed by atoms with E-state index in [1.165, 1.54) is 0 Å². The lowest BCUT2D eigenvalue weighted by Crippen LogP contribution is -2.34. The maximum Gasteiger partial charge on any atom is 0.475 e. The van der Waals surface area contributed by atoms with Gasteiger partial charge in [-0.3, -0.25) is 18.4 Å². The predicted molar refractivity (Wildman–Crippen MR) is 99.6 cm³/mol. The summed E-state index contributed by atoms with van der Waals surface area (Å²) in [6.07, 6.45) is 4.11. The first-order valence-electron chi connectivity index (χ1n) is 9.28. The van der Waals surface area contributed by atoms with Gasteiger partial charge in [0.25, 0.3) is 0 Å². The van der Waals surface area contributed by atoms with Gasteiger partial charge < -0.3 is 4.74 Å². The molecule has 7 heteroatoms. The zero-order valence-corrected chi connectivity index (χ0v) is 16.7. The highest BCUT2D eigenvalue weighted by atomic mass is 31.2. The van der Waals surface area contributed by atoms with Crippen molar-refractivity contribution in [1.29, 1.82) is 0 Å². The van der Waals surface area contributed by atoms with Gasteiger partial charge in [-0.2, -0.15) is 0 Å². The third-order valence-corrected chi connectivity index (χ3v) is 6.16. The van der Waals surface area contributed by atoms with E-state index in [4.69, 9.17) is 18.3 Å². The number of hydrogen-bond donors (Lipinski definition) is 0. The van der Waals surface area contributed by atoms with Crippen molar-refractivity contribution in [3.8, 4) is 5.75 Å². The highest BCUT2D eigenvalue weighted by molar-refractivity contribution is 7.48. The summed E-state index contributed by atoms with van der Waals surface area (Å²) in [7, 11) is -2.20. The van der Waals surface area contributed by atoms with Crippen LogP contribution in [0.5, 0.6) is 5.75 Å². The van der Waals surface area contributed by atoms with E-state index in [9.17, 15) is 9.36 Å². The summed E-state index contributed by atoms with van der Waals surface area (Å²) in [6, 6.07) is 6.87. The zero-order valence-electron chi connectivity index (χ0n) is 15.8. The number of ketones is 1. The maximum absolute atomic E-state index is 13.1. The number of rotatable bonds is 10. The smallest absolute Gasteiger partial charge is 0.475 e. The molecule has 2 rings (SSSR count). The fraction of sp³-hybridized carbons (Fsp3) is 0.632. The Morgan fingerprint density at radius 3 is 2.15 bits per heavy atom. The molecule has 0 heterocycles. The van der Waals surface area contributed by atoms with Crippen molar-refractivity contribution < 1.29 is 27.7 Å². The van der Waals surface area contributed by atoms with E-state index in [1.54, 1.807) is 45.2 Å². The van der Waals surface area contributed by atoms with Gasteiger partial charge in [0.2, 0.25) is 0 Å². The summed E-state index contributed by atoms with van der Waals surface area (Å²) < 4.78 is 34.3. The van der Waals surface area contributed by atoms with Crippen LogP contribution in [0.25, 0.3) is 0 Å². The summed E-state index contributed by atoms with van der Waals surface area (Å²) in [4.78, 5) is 13.1. The summed E-state index contributed by atoms with van der Waals surface area (Å²) in [6.45, 7) is 3.81. The van der Waals surface area contributed by atoms with Gasteiger partial charge in [-0.1, -0.05) is 19.3 Å². The first-order chi connectivity index (χ1) is 12.5. The number of methoxy groups -OCH3 is 1. The number of carbonyl (C=O) groups excluding carboxylic acids is 1. The van der Waals surface area contributed by atoms with Crippen LogP contribution in [-0.4, -0.2) is 32.2 Å². The highest BCUT2D eigenvalue weighted by Crippen LogP contribution is 2.52. The summed E-state index contributed by atoms with van der Waals surface area (Å²) >= 11 is 0. The Balaban J connectivity index is 2.26. The minimum Gasteiger partial charge on any atom is -0.497 e. The Morgan fingerprint density at radius 2 is 1.65 bits per heavy atom. The van der Waals surface area contributed by atoms with Crippen LogP contribution in [0.1, 0.15) is 56.3 Å². The molecule has 1 aliphatic carbocycles. The van der Waals surface area contributed by atoms with Crippen molar-refractivity contribution in [2.24, 2.45) is 5.92 Å². The molecule has 0 aliphatic heterocycles. The van der Waals surface area contributed by atoms with Crippen molar-refractivity contribution in [3.63, 3.8) is 0 Å². The molecule has 146 valence electrons. The molecule has 1 saturated carbocycles. The molecule has 0 spiro atoms. The number of phosphoric ester groups is 1. The fourth-order valence-corrected chi connectivity index (χ4v) is 4.63. The standard InChI is InChI=1S/C19H29O6P/c1-4-23-26(21,24-5-2)25-19(16-9-7-6-8-10-16)18(20)15-11-13-17(22-3)14-12-15/h11-14,16,19H,4-10H2,1-3H3. The van der Waals surface area contributed by atoms with E-state index >= 15 is 0 Å². The molecule has 1 aromatic rings. The average molecular weight is 384 g/mol. The molecule has 1 fully saturated rings. The molecule has 0 bridgehead atoms. The molecule has 0 N–H and O–H groups in total. The fourth-order valence-electron chi connectivity index (χ4n) is 3.26. The van der Waals surface area contributed by atoms with Crippen LogP contribution < -0.4 is 4.74 Å². The van der Waals surface area contributed by atoms with E-state index in [-0.39, 0.29) is 24.9 Å². The van der Waals surface area contributed by atoms with Crippen molar-refractivity contribution in [2.45, 2.75) is 52.1 Å². The monoisotopic (exact) mass is 384 g/mol. The summed E-state index contributed by atoms with van der Waals surface area (Å²) in [5.41, 5.74) is 0.501. The van der Waals surface area contributed by atoms with Gasteiger partial charge in [0.1, 0.15) is 11.9 Å². The third-order valence-electron chi connectivity index (χ3n) is 4.53. The lowest BCUT2D eigenvalue weighted by atomic mass is 9.82. The first kappa shape index (κ1) is 21.1. The van der Waals surface area contributed by atoms with E-state index < -0.39 is 13.9 Å². The SMILES string of the molecule is CCOP(=O)(OCC)OC(C(=O)c1ccc(OC)cc1)C1CCCCC1. The molecule has 1 aliphatic rings. The van der Waals surface area contributed by atoms with Gasteiger partial charge in [0.05, 0.1) is 20.3 Å². The molecule has 1 unspecified atom stereocenters. The van der Waals surface area contributed by atoms with Gasteiger partial charge in [-0.05, 0) is 56.9 Å². The maximum atomic E-state index is 13.1. The molecule has 6 nitrogen and oxygen atoms in total. The lowest BCUT2D eigenvalue weighted by Gasteiger charge is -2.31. The summed E-state index contributed by atoms with van der Waals surface area (Å²) in [5, 5.41) is 0. The molecule has 0 radical (unpaired) electrons. The number of ether oxygens (including phenoxy) is 1. The van der Waals surface area contributed by atoms with E-state index in [1.807, 2.05) is 0 Å². The zero-order chi connectivity index (χ0) is 19.0. The number of carbonyl (C=O) groups is 1. The topological polar surface area (TPSA) is 71.1 Å². The van der Waals surface area contributed by atoms with Crippen molar-refractivity contribution in [3.05, 3.63) is 29.8 Å². The van der Waals surface area contributed by atoms with Crippen LogP contribution in [0.3, 0.4) is 0 Å². The number of benzene rings is 1. The molecule has 0 aromatic heterocycles. The molecule has 26 heavy (non-hydrogen) atoms. The first-order valence-corrected chi connectivity index (χ1v) is 10.7. The summed E-state index contributed by atoms with van der Waals surface area (Å²) in [5.74, 6) is 0.484. The van der Waals surface area contributed by atoms with Crippen LogP contribution in [0.2, 0.25) is 0 Å². The average Bonchev–Trinajstić information content (AvgIpc) is 2.67. The number of hydrogen-bond acceptors (Lipinski definition) is 6. The third kappa shape index (κ3) is 5.65. The van der Waals surface area contributed by atoms with Gasteiger partial charge in [-0.25, -0.2) is 4.57 Å². The second kappa shape index (κ2) is 10.2. The van der Waals surface area contributed by atoms with Crippen molar-refractivity contribution >= 4 is 13.6 Å². The van der Waals surface area contributed by atoms with Crippen LogP contribution in [-0.2, 0) is 18.1 Å². The minimum absolute atomic E-state index is 0.00703. The Bertz CT molecular complexity index is 599. The molecule has 0 saturated heterocycles. The molecular weight excluding hydrogens is 355 g/mol. The van der Waals surface area contributed by atoms with Gasteiger partial charge in [0, 0.05) is 5.56 Å². The van der Waals surface area contributed by atoms with Crippen LogP contribution in [0.15, 0.2) is 24.3 Å². The Hall–Kier alpha value is -1.20. The van der Waals surface area contributed by atoms with Gasteiger partial charge in [-0.15, -0.1) is 0 Å². The van der Waals surface area contributed by atoms with Crippen molar-refractivity contribution in [1.82, 2.24) is 0 Å². The molecule has 0 amide bonds. The Kier molecular flexibility index (Phi) is 8.29. The molecule has 1 atom stereocenters. The highest BCUT2D eigenvalue weighted by Gasteiger charge is 2.39. The largest absolute Gasteiger partial charge is 0.497 e. The molecule has 1 aromatic carbocycles. The lowest BCUT2D eigenvalue weighted by molar-refractivity contribution is 0.0362. The van der Waals surface area contributed by atoms with Gasteiger partial charge in [0.15, 0.2) is 5.78 Å². The second-order valence-electron chi connectivity index (χ2n) is 6.30. The minimum atomic E-state index is -3.78. The van der Waals surface area contributed by atoms with Crippen LogP contribution >= 0.6 is 7.82 Å². The van der Waals surface area contributed by atoms with Gasteiger partial charge >= 0.3 is 7.82 Å². The normalized spacial score (nSPS) is 17.0. The van der Waals surface area contributed by atoms with E-state index in [2.05, 4.69) is 0 Å². The molecular formula is C19H29O6P.